The van der Waals surface area contributed by atoms with E-state index in [4.69, 9.17) is 15.5 Å². The van der Waals surface area contributed by atoms with Crippen LogP contribution in [0.15, 0.2) is 41.5 Å². The van der Waals surface area contributed by atoms with Crippen molar-refractivity contribution in [3.05, 3.63) is 47.0 Å². The zero-order chi connectivity index (χ0) is 21.9. The van der Waals surface area contributed by atoms with Gasteiger partial charge in [-0.2, -0.15) is 0 Å². The van der Waals surface area contributed by atoms with Gasteiger partial charge in [0.2, 0.25) is 0 Å². The Labute approximate surface area is 186 Å². The first kappa shape index (κ1) is 20.7. The summed E-state index contributed by atoms with van der Waals surface area (Å²) in [6.45, 7) is 3.27. The fourth-order valence-electron chi connectivity index (χ4n) is 4.54. The molecule has 1 aliphatic carbocycles. The predicted octanol–water partition coefficient (Wildman–Crippen LogP) is 2.58. The zero-order valence-corrected chi connectivity index (χ0v) is 18.0. The number of nitrogens with one attached hydrogen (secondary N) is 3. The van der Waals surface area contributed by atoms with E-state index in [9.17, 15) is 4.79 Å². The van der Waals surface area contributed by atoms with Crippen LogP contribution in [0.3, 0.4) is 0 Å². The number of pyridine rings is 1. The smallest absolute Gasteiger partial charge is 0.262 e. The van der Waals surface area contributed by atoms with Crippen LogP contribution >= 0.6 is 0 Å². The number of anilines is 4. The Balaban J connectivity index is 1.42. The number of nitrogens with zero attached hydrogens (tertiary/aromatic N) is 3. The number of aromatic amines is 1. The summed E-state index contributed by atoms with van der Waals surface area (Å²) in [4.78, 5) is 26.6. The van der Waals surface area contributed by atoms with E-state index < -0.39 is 0 Å². The maximum absolute atomic E-state index is 12.6. The summed E-state index contributed by atoms with van der Waals surface area (Å²) in [6, 6.07) is 10.5. The average molecular weight is 436 g/mol. The van der Waals surface area contributed by atoms with Crippen LogP contribution in [0.1, 0.15) is 25.7 Å². The van der Waals surface area contributed by atoms with Crippen LogP contribution in [0.4, 0.5) is 23.0 Å². The number of aromatic nitrogens is 3. The molecule has 2 aliphatic rings. The molecular formula is C23H29N7O2. The molecule has 2 atom stereocenters. The van der Waals surface area contributed by atoms with Crippen molar-refractivity contribution < 1.29 is 4.74 Å². The molecule has 0 radical (unpaired) electrons. The number of morpholine rings is 1. The molecule has 3 aromatic rings. The Bertz CT molecular complexity index is 1130. The number of benzene rings is 1. The van der Waals surface area contributed by atoms with Crippen molar-refractivity contribution in [2.24, 2.45) is 5.73 Å². The summed E-state index contributed by atoms with van der Waals surface area (Å²) >= 11 is 0. The van der Waals surface area contributed by atoms with Crippen LogP contribution in [0.2, 0.25) is 0 Å². The minimum absolute atomic E-state index is 0.213. The monoisotopic (exact) mass is 435 g/mol. The number of hydrogen-bond donors (Lipinski definition) is 4. The highest BCUT2D eigenvalue weighted by Crippen LogP contribution is 2.27. The van der Waals surface area contributed by atoms with Gasteiger partial charge in [0.1, 0.15) is 17.0 Å². The number of ether oxygens (including phenoxy) is 1. The normalized spacial score (nSPS) is 21.5. The Kier molecular flexibility index (Phi) is 5.91. The van der Waals surface area contributed by atoms with Crippen LogP contribution in [0, 0.1) is 0 Å². The van der Waals surface area contributed by atoms with Crippen molar-refractivity contribution in [3.8, 4) is 0 Å². The Morgan fingerprint density at radius 3 is 2.75 bits per heavy atom. The third kappa shape index (κ3) is 4.53. The SMILES string of the molecule is NC1CCCC(Nc2cc3nc[nH]c(=O)c3c(Nc3ccc(N4CCOCC4)cc3)n2)C1. The maximum Gasteiger partial charge on any atom is 0.262 e. The quantitative estimate of drug-likeness (QED) is 0.483. The Morgan fingerprint density at radius 1 is 1.16 bits per heavy atom. The van der Waals surface area contributed by atoms with Gasteiger partial charge in [-0.05, 0) is 49.9 Å². The lowest BCUT2D eigenvalue weighted by Gasteiger charge is -2.29. The summed E-state index contributed by atoms with van der Waals surface area (Å²) in [5, 5.41) is 7.27. The zero-order valence-electron chi connectivity index (χ0n) is 18.0. The van der Waals surface area contributed by atoms with Crippen molar-refractivity contribution in [1.82, 2.24) is 15.0 Å². The van der Waals surface area contributed by atoms with Gasteiger partial charge >= 0.3 is 0 Å². The van der Waals surface area contributed by atoms with Gasteiger partial charge < -0.3 is 31.0 Å². The molecule has 5 rings (SSSR count). The highest BCUT2D eigenvalue weighted by Gasteiger charge is 2.20. The molecule has 2 aromatic heterocycles. The van der Waals surface area contributed by atoms with E-state index in [1.165, 1.54) is 6.33 Å². The summed E-state index contributed by atoms with van der Waals surface area (Å²) in [5.74, 6) is 1.18. The predicted molar refractivity (Wildman–Crippen MR) is 127 cm³/mol. The first-order valence-corrected chi connectivity index (χ1v) is 11.3. The van der Waals surface area contributed by atoms with Crippen molar-refractivity contribution in [2.75, 3.05) is 41.8 Å². The second-order valence-electron chi connectivity index (χ2n) is 8.52. The molecule has 2 unspecified atom stereocenters. The van der Waals surface area contributed by atoms with Gasteiger partial charge in [-0.25, -0.2) is 9.97 Å². The van der Waals surface area contributed by atoms with Gasteiger partial charge in [0.15, 0.2) is 0 Å². The molecule has 168 valence electrons. The van der Waals surface area contributed by atoms with Crippen LogP contribution in [-0.4, -0.2) is 53.3 Å². The summed E-state index contributed by atoms with van der Waals surface area (Å²) in [6.07, 6.45) is 5.56. The van der Waals surface area contributed by atoms with Crippen molar-refractivity contribution in [1.29, 1.82) is 0 Å². The number of rotatable bonds is 5. The third-order valence-corrected chi connectivity index (χ3v) is 6.20. The lowest BCUT2D eigenvalue weighted by atomic mass is 9.91. The van der Waals surface area contributed by atoms with E-state index >= 15 is 0 Å². The molecule has 1 saturated carbocycles. The first-order valence-electron chi connectivity index (χ1n) is 11.3. The van der Waals surface area contributed by atoms with Crippen molar-refractivity contribution in [2.45, 2.75) is 37.8 Å². The molecule has 0 amide bonds. The number of fused-ring (bicyclic) bond motifs is 1. The molecule has 3 heterocycles. The van der Waals surface area contributed by atoms with Crippen LogP contribution in [0.25, 0.3) is 10.9 Å². The molecule has 1 aromatic carbocycles. The molecule has 0 spiro atoms. The maximum atomic E-state index is 12.6. The van der Waals surface area contributed by atoms with E-state index in [2.05, 4.69) is 37.6 Å². The van der Waals surface area contributed by atoms with Crippen molar-refractivity contribution >= 4 is 33.9 Å². The Morgan fingerprint density at radius 2 is 1.97 bits per heavy atom. The van der Waals surface area contributed by atoms with Crippen LogP contribution < -0.4 is 26.8 Å². The Hall–Kier alpha value is -3.17. The molecule has 32 heavy (non-hydrogen) atoms. The number of nitrogens with two attached hydrogens (primary N) is 1. The second kappa shape index (κ2) is 9.13. The summed E-state index contributed by atoms with van der Waals surface area (Å²) in [7, 11) is 0. The van der Waals surface area contributed by atoms with E-state index in [-0.39, 0.29) is 17.6 Å². The largest absolute Gasteiger partial charge is 0.378 e. The molecule has 2 fully saturated rings. The third-order valence-electron chi connectivity index (χ3n) is 6.20. The lowest BCUT2D eigenvalue weighted by Crippen LogP contribution is -2.36. The van der Waals surface area contributed by atoms with Gasteiger partial charge in [-0.15, -0.1) is 0 Å². The fraction of sp³-hybridized carbons (Fsp3) is 0.435. The van der Waals surface area contributed by atoms with Crippen LogP contribution in [0.5, 0.6) is 0 Å². The molecule has 0 bridgehead atoms. The lowest BCUT2D eigenvalue weighted by molar-refractivity contribution is 0.122. The van der Waals surface area contributed by atoms with E-state index in [0.717, 1.165) is 63.4 Å². The van der Waals surface area contributed by atoms with Gasteiger partial charge in [-0.1, -0.05) is 0 Å². The highest BCUT2D eigenvalue weighted by atomic mass is 16.5. The van der Waals surface area contributed by atoms with Gasteiger partial charge in [0.25, 0.3) is 5.56 Å². The average Bonchev–Trinajstić information content (AvgIpc) is 2.80. The van der Waals surface area contributed by atoms with Crippen molar-refractivity contribution in [3.63, 3.8) is 0 Å². The highest BCUT2D eigenvalue weighted by molar-refractivity contribution is 5.92. The minimum Gasteiger partial charge on any atom is -0.378 e. The minimum atomic E-state index is -0.221. The molecule has 9 heteroatoms. The number of hydrogen-bond acceptors (Lipinski definition) is 8. The van der Waals surface area contributed by atoms with Crippen LogP contribution in [-0.2, 0) is 4.74 Å². The molecular weight excluding hydrogens is 406 g/mol. The summed E-state index contributed by atoms with van der Waals surface area (Å²) in [5.41, 5.74) is 8.53. The molecule has 1 aliphatic heterocycles. The second-order valence-corrected chi connectivity index (χ2v) is 8.52. The van der Waals surface area contributed by atoms with E-state index in [1.54, 1.807) is 0 Å². The summed E-state index contributed by atoms with van der Waals surface area (Å²) < 4.78 is 5.43. The number of H-pyrrole nitrogens is 1. The van der Waals surface area contributed by atoms with Gasteiger partial charge in [0.05, 0.1) is 25.1 Å². The van der Waals surface area contributed by atoms with E-state index in [1.807, 2.05) is 18.2 Å². The first-order chi connectivity index (χ1) is 15.7. The van der Waals surface area contributed by atoms with Gasteiger partial charge in [-0.3, -0.25) is 4.79 Å². The molecule has 1 saturated heterocycles. The van der Waals surface area contributed by atoms with E-state index in [0.29, 0.717) is 22.5 Å². The fourth-order valence-corrected chi connectivity index (χ4v) is 4.54. The molecule has 5 N–H and O–H groups in total. The topological polar surface area (TPSA) is 121 Å². The van der Waals surface area contributed by atoms with Gasteiger partial charge in [0, 0.05) is 42.6 Å². The molecule has 9 nitrogen and oxygen atoms in total. The standard InChI is InChI=1S/C23H29N7O2/c24-15-2-1-3-17(12-15)27-20-13-19-21(23(31)26-14-25-19)22(29-20)28-16-4-6-18(7-5-16)30-8-10-32-11-9-30/h4-7,13-15,17H,1-3,8-12,24H2,(H,25,26,31)(H2,27,28,29).